The lowest BCUT2D eigenvalue weighted by molar-refractivity contribution is 0.0518. The summed E-state index contributed by atoms with van der Waals surface area (Å²) in [6.07, 6.45) is -0.826. The van der Waals surface area contributed by atoms with Crippen LogP contribution in [0.1, 0.15) is 50.4 Å². The number of carbonyl (C=O) groups excluding carboxylic acids is 1. The highest BCUT2D eigenvalue weighted by molar-refractivity contribution is 6.31. The second-order valence-corrected chi connectivity index (χ2v) is 12.4. The first kappa shape index (κ1) is 29.4. The summed E-state index contributed by atoms with van der Waals surface area (Å²) in [7, 11) is 0. The standard InChI is InChI=1S/C31H33ClFN5O4/c1-15-19(9-6-10-21(15)32)23-17(8-7-11-34)12-20-26(24(23)33)36-16(2)25(35)28(20)38(30(41)42-31(3,4)5)27-18-13-22(27)37(14-18)29(39)40/h6,9-10,12,18,22,27H,7-8,13-14,35H2,1-5H3,(H,39,40)/t18-,22-,27+/m1/s1. The van der Waals surface area contributed by atoms with Crippen LogP contribution >= 0.6 is 11.6 Å². The van der Waals surface area contributed by atoms with Gasteiger partial charge < -0.3 is 20.5 Å². The van der Waals surface area contributed by atoms with Gasteiger partial charge in [-0.25, -0.2) is 19.0 Å². The maximum absolute atomic E-state index is 16.8. The monoisotopic (exact) mass is 593 g/mol. The van der Waals surface area contributed by atoms with E-state index in [0.29, 0.717) is 33.8 Å². The van der Waals surface area contributed by atoms with E-state index in [0.717, 1.165) is 0 Å². The summed E-state index contributed by atoms with van der Waals surface area (Å²) in [5.74, 6) is -0.763. The Labute approximate surface area is 248 Å². The number of nitriles is 1. The summed E-state index contributed by atoms with van der Waals surface area (Å²) in [6.45, 7) is 8.92. The first-order chi connectivity index (χ1) is 19.7. The average Bonchev–Trinajstić information content (AvgIpc) is 3.50. The number of pyridine rings is 1. The molecular weight excluding hydrogens is 561 g/mol. The number of nitrogens with two attached hydrogens (primary N) is 1. The molecule has 0 unspecified atom stereocenters. The highest BCUT2D eigenvalue weighted by atomic mass is 35.5. The molecule has 1 aromatic heterocycles. The van der Waals surface area contributed by atoms with Gasteiger partial charge in [-0.15, -0.1) is 0 Å². The third kappa shape index (κ3) is 4.86. The fourth-order valence-corrected chi connectivity index (χ4v) is 6.38. The average molecular weight is 594 g/mol. The molecule has 0 spiro atoms. The van der Waals surface area contributed by atoms with Crippen molar-refractivity contribution in [3.8, 4) is 17.2 Å². The van der Waals surface area contributed by atoms with Crippen molar-refractivity contribution < 1.29 is 23.8 Å². The zero-order valence-corrected chi connectivity index (χ0v) is 24.9. The SMILES string of the molecule is Cc1nc2c(F)c(-c3cccc(Cl)c3C)c(CCC#N)cc2c(N(C(=O)OC(C)(C)C)[C@H]2[C@@H]3C[C@H]2N(C(=O)O)C3)c1N. The van der Waals surface area contributed by atoms with Gasteiger partial charge in [0.25, 0.3) is 0 Å². The van der Waals surface area contributed by atoms with Crippen molar-refractivity contribution in [3.63, 3.8) is 0 Å². The molecule has 1 saturated carbocycles. The van der Waals surface area contributed by atoms with E-state index in [1.807, 2.05) is 0 Å². The van der Waals surface area contributed by atoms with Gasteiger partial charge in [0, 0.05) is 34.9 Å². The van der Waals surface area contributed by atoms with E-state index in [1.165, 1.54) is 9.80 Å². The lowest BCUT2D eigenvalue weighted by Crippen LogP contribution is -2.58. The Balaban J connectivity index is 1.81. The number of amides is 2. The van der Waals surface area contributed by atoms with E-state index in [9.17, 15) is 20.0 Å². The van der Waals surface area contributed by atoms with Crippen LogP contribution in [0.25, 0.3) is 22.0 Å². The van der Waals surface area contributed by atoms with E-state index in [-0.39, 0.29) is 53.1 Å². The third-order valence-electron chi connectivity index (χ3n) is 8.17. The number of nitrogen functional groups attached to an aromatic ring is 1. The Morgan fingerprint density at radius 1 is 1.33 bits per heavy atom. The first-order valence-corrected chi connectivity index (χ1v) is 14.2. The highest BCUT2D eigenvalue weighted by Gasteiger charge is 2.58. The maximum atomic E-state index is 16.8. The minimum atomic E-state index is -1.07. The zero-order chi connectivity index (χ0) is 30.7. The Morgan fingerprint density at radius 3 is 2.67 bits per heavy atom. The molecule has 6 rings (SSSR count). The summed E-state index contributed by atoms with van der Waals surface area (Å²) >= 11 is 6.41. The molecule has 3 heterocycles. The van der Waals surface area contributed by atoms with Gasteiger partial charge in [-0.1, -0.05) is 23.7 Å². The normalized spacial score (nSPS) is 19.4. The summed E-state index contributed by atoms with van der Waals surface area (Å²) in [5, 5.41) is 19.9. The van der Waals surface area contributed by atoms with Crippen molar-refractivity contribution in [2.24, 2.45) is 5.92 Å². The van der Waals surface area contributed by atoms with Crippen LogP contribution in [0.3, 0.4) is 0 Å². The minimum absolute atomic E-state index is 0.00195. The summed E-state index contributed by atoms with van der Waals surface area (Å²) in [5.41, 5.74) is 8.54. The molecule has 2 saturated heterocycles. The number of aromatic nitrogens is 1. The molecule has 2 aliphatic heterocycles. The van der Waals surface area contributed by atoms with E-state index < -0.39 is 35.7 Å². The Hall–Kier alpha value is -4.10. The van der Waals surface area contributed by atoms with Crippen LogP contribution < -0.4 is 10.6 Å². The summed E-state index contributed by atoms with van der Waals surface area (Å²) in [4.78, 5) is 33.2. The van der Waals surface area contributed by atoms with Gasteiger partial charge in [0.15, 0.2) is 5.82 Å². The highest BCUT2D eigenvalue weighted by Crippen LogP contribution is 2.49. The molecule has 1 aliphatic carbocycles. The minimum Gasteiger partial charge on any atom is -0.465 e. The van der Waals surface area contributed by atoms with Crippen molar-refractivity contribution in [2.75, 3.05) is 17.2 Å². The molecule has 11 heteroatoms. The molecule has 3 atom stereocenters. The van der Waals surface area contributed by atoms with Crippen molar-refractivity contribution >= 4 is 46.1 Å². The van der Waals surface area contributed by atoms with E-state index in [4.69, 9.17) is 22.1 Å². The molecule has 2 aromatic carbocycles. The van der Waals surface area contributed by atoms with Crippen LogP contribution in [0, 0.1) is 36.9 Å². The van der Waals surface area contributed by atoms with Gasteiger partial charge >= 0.3 is 12.2 Å². The number of hydrogen-bond donors (Lipinski definition) is 2. The molecule has 2 bridgehead atoms. The Kier molecular flexibility index (Phi) is 7.44. The van der Waals surface area contributed by atoms with Crippen molar-refractivity contribution in [3.05, 3.63) is 51.9 Å². The second-order valence-electron chi connectivity index (χ2n) is 12.0. The van der Waals surface area contributed by atoms with E-state index in [1.54, 1.807) is 58.9 Å². The van der Waals surface area contributed by atoms with E-state index in [2.05, 4.69) is 11.1 Å². The number of carbonyl (C=O) groups is 2. The van der Waals surface area contributed by atoms with Gasteiger partial charge in [-0.3, -0.25) is 4.90 Å². The van der Waals surface area contributed by atoms with Crippen LogP contribution in [0.5, 0.6) is 0 Å². The number of carboxylic acid groups (broad SMARTS) is 1. The fourth-order valence-electron chi connectivity index (χ4n) is 6.21. The number of rotatable bonds is 5. The van der Waals surface area contributed by atoms with Crippen molar-refractivity contribution in [1.82, 2.24) is 9.88 Å². The number of benzene rings is 2. The number of nitrogens with zero attached hydrogens (tertiary/aromatic N) is 4. The van der Waals surface area contributed by atoms with Gasteiger partial charge in [-0.2, -0.15) is 5.26 Å². The van der Waals surface area contributed by atoms with Crippen LogP contribution in [0.15, 0.2) is 24.3 Å². The predicted molar refractivity (Wildman–Crippen MR) is 159 cm³/mol. The van der Waals surface area contributed by atoms with E-state index >= 15 is 4.39 Å². The molecular formula is C31H33ClFN5O4. The Bertz CT molecular complexity index is 1660. The van der Waals surface area contributed by atoms with Gasteiger partial charge in [0.1, 0.15) is 11.1 Å². The number of aryl methyl sites for hydroxylation is 2. The molecule has 220 valence electrons. The quantitative estimate of drug-likeness (QED) is 0.331. The molecule has 42 heavy (non-hydrogen) atoms. The first-order valence-electron chi connectivity index (χ1n) is 13.8. The summed E-state index contributed by atoms with van der Waals surface area (Å²) in [6, 6.07) is 8.08. The van der Waals surface area contributed by atoms with Gasteiger partial charge in [-0.05, 0) is 76.3 Å². The lowest BCUT2D eigenvalue weighted by atomic mass is 9.78. The molecule has 9 nitrogen and oxygen atoms in total. The van der Waals surface area contributed by atoms with Crippen LogP contribution in [0.2, 0.25) is 5.02 Å². The predicted octanol–water partition coefficient (Wildman–Crippen LogP) is 6.84. The zero-order valence-electron chi connectivity index (χ0n) is 24.2. The second kappa shape index (κ2) is 10.6. The van der Waals surface area contributed by atoms with Gasteiger partial charge in [0.2, 0.25) is 0 Å². The molecule has 2 amide bonds. The smallest absolute Gasteiger partial charge is 0.415 e. The fraction of sp³-hybridized carbons (Fsp3) is 0.419. The molecule has 3 N–H and O–H groups in total. The Morgan fingerprint density at radius 2 is 2.05 bits per heavy atom. The summed E-state index contributed by atoms with van der Waals surface area (Å²) < 4.78 is 22.6. The molecule has 3 aromatic rings. The largest absolute Gasteiger partial charge is 0.465 e. The lowest BCUT2D eigenvalue weighted by Gasteiger charge is -2.44. The van der Waals surface area contributed by atoms with Crippen molar-refractivity contribution in [2.45, 2.75) is 71.6 Å². The van der Waals surface area contributed by atoms with Gasteiger partial charge in [0.05, 0.1) is 35.2 Å². The molecule has 3 aliphatic rings. The topological polar surface area (TPSA) is 133 Å². The number of fused-ring (bicyclic) bond motifs is 2. The number of hydrogen-bond acceptors (Lipinski definition) is 6. The number of anilines is 2. The number of ether oxygens (including phenoxy) is 1. The van der Waals surface area contributed by atoms with Crippen molar-refractivity contribution in [1.29, 1.82) is 5.26 Å². The van der Waals surface area contributed by atoms with Crippen LogP contribution in [-0.2, 0) is 11.2 Å². The van der Waals surface area contributed by atoms with Crippen LogP contribution in [0.4, 0.5) is 25.4 Å². The molecule has 0 radical (unpaired) electrons. The third-order valence-corrected chi connectivity index (χ3v) is 8.58. The van der Waals surface area contributed by atoms with Crippen LogP contribution in [-0.4, -0.2) is 51.4 Å². The maximum Gasteiger partial charge on any atom is 0.415 e. The molecule has 3 fully saturated rings. The number of halogens is 2.